The molecule has 0 unspecified atom stereocenters. The number of nitrogens with zero attached hydrogens (tertiary/aromatic N) is 2. The Labute approximate surface area is 195 Å². The van der Waals surface area contributed by atoms with Gasteiger partial charge in [-0.1, -0.05) is 76.6 Å². The number of aromatic nitrogens is 2. The molecule has 0 radical (unpaired) electrons. The van der Waals surface area contributed by atoms with Gasteiger partial charge in [0.25, 0.3) is 0 Å². The van der Waals surface area contributed by atoms with Crippen LogP contribution < -0.4 is 0 Å². The summed E-state index contributed by atoms with van der Waals surface area (Å²) in [6.45, 7) is 0. The highest BCUT2D eigenvalue weighted by molar-refractivity contribution is 14.1. The molecule has 1 aliphatic heterocycles. The molecule has 0 bridgehead atoms. The third-order valence-electron chi connectivity index (χ3n) is 6.50. The first-order valence-electron chi connectivity index (χ1n) is 9.88. The Hall–Kier alpha value is -2.44. The zero-order valence-electron chi connectivity index (χ0n) is 15.7. The number of halogens is 2. The number of para-hydroxylation sites is 2. The average molecular weight is 561 g/mol. The number of benzene rings is 4. The van der Waals surface area contributed by atoms with Crippen molar-refractivity contribution in [3.8, 4) is 16.8 Å². The number of imidazole rings is 1. The molecule has 2 heterocycles. The van der Waals surface area contributed by atoms with Crippen molar-refractivity contribution in [3.63, 3.8) is 0 Å². The molecule has 1 aromatic heterocycles. The summed E-state index contributed by atoms with van der Waals surface area (Å²) < 4.78 is 4.71. The lowest BCUT2D eigenvalue weighted by Crippen LogP contribution is -2.28. The van der Waals surface area contributed by atoms with E-state index in [1.807, 2.05) is 0 Å². The summed E-state index contributed by atoms with van der Waals surface area (Å²) in [5.74, 6) is 1.09. The highest BCUT2D eigenvalue weighted by atomic mass is 127. The van der Waals surface area contributed by atoms with Crippen LogP contribution in [0.2, 0.25) is 0 Å². The molecular weight excluding hydrogens is 547 g/mol. The second-order valence-corrected chi connectivity index (χ2v) is 9.96. The van der Waals surface area contributed by atoms with Gasteiger partial charge in [-0.05, 0) is 69.1 Å². The Bertz CT molecular complexity index is 1490. The van der Waals surface area contributed by atoms with Gasteiger partial charge in [-0.25, -0.2) is 4.98 Å². The van der Waals surface area contributed by atoms with E-state index in [-0.39, 0.29) is 0 Å². The molecule has 30 heavy (non-hydrogen) atoms. The summed E-state index contributed by atoms with van der Waals surface area (Å²) in [5, 5.41) is 0. The van der Waals surface area contributed by atoms with Crippen molar-refractivity contribution in [1.29, 1.82) is 0 Å². The van der Waals surface area contributed by atoms with E-state index in [1.165, 1.54) is 37.1 Å². The molecule has 2 nitrogen and oxygen atoms in total. The number of rotatable bonds is 0. The minimum atomic E-state index is -0.404. The zero-order chi connectivity index (χ0) is 20.0. The monoisotopic (exact) mass is 560 g/mol. The lowest BCUT2D eigenvalue weighted by molar-refractivity contribution is 0.734. The molecule has 0 amide bonds. The van der Waals surface area contributed by atoms with Gasteiger partial charge in [0.2, 0.25) is 0 Å². The molecule has 4 heteroatoms. The van der Waals surface area contributed by atoms with Crippen LogP contribution in [0, 0.1) is 3.57 Å². The molecule has 2 aliphatic rings. The van der Waals surface area contributed by atoms with E-state index < -0.39 is 5.41 Å². The molecule has 4 aromatic carbocycles. The quantitative estimate of drug-likeness (QED) is 0.181. The summed E-state index contributed by atoms with van der Waals surface area (Å²) in [6.07, 6.45) is 0. The Morgan fingerprint density at radius 3 is 2.17 bits per heavy atom. The maximum atomic E-state index is 5.26. The second-order valence-electron chi connectivity index (χ2n) is 7.88. The third kappa shape index (κ3) is 1.88. The van der Waals surface area contributed by atoms with E-state index in [0.717, 1.165) is 21.3 Å². The van der Waals surface area contributed by atoms with E-state index in [0.29, 0.717) is 0 Å². The van der Waals surface area contributed by atoms with Crippen LogP contribution >= 0.6 is 38.5 Å². The molecule has 142 valence electrons. The molecule has 0 saturated heterocycles. The van der Waals surface area contributed by atoms with Gasteiger partial charge < -0.3 is 0 Å². The molecule has 0 fully saturated rings. The van der Waals surface area contributed by atoms with Gasteiger partial charge in [-0.15, -0.1) is 0 Å². The molecule has 1 spiro atoms. The number of hydrogen-bond donors (Lipinski definition) is 0. The first-order valence-corrected chi connectivity index (χ1v) is 11.8. The molecule has 0 N–H and O–H groups in total. The molecule has 0 atom stereocenters. The van der Waals surface area contributed by atoms with Crippen molar-refractivity contribution >= 4 is 49.6 Å². The minimum absolute atomic E-state index is 0.404. The third-order valence-corrected chi connectivity index (χ3v) is 7.81. The predicted octanol–water partition coefficient (Wildman–Crippen LogP) is 7.07. The van der Waals surface area contributed by atoms with Crippen molar-refractivity contribution in [1.82, 2.24) is 9.55 Å². The molecule has 7 rings (SSSR count). The van der Waals surface area contributed by atoms with Crippen molar-refractivity contribution in [2.45, 2.75) is 5.41 Å². The van der Waals surface area contributed by atoms with Crippen molar-refractivity contribution in [2.24, 2.45) is 0 Å². The lowest BCUT2D eigenvalue weighted by Gasteiger charge is -2.28. The Balaban J connectivity index is 1.78. The number of fused-ring (bicyclic) bond motifs is 12. The number of hydrogen-bond acceptors (Lipinski definition) is 1. The van der Waals surface area contributed by atoms with Gasteiger partial charge >= 0.3 is 0 Å². The highest BCUT2D eigenvalue weighted by Gasteiger charge is 2.55. The van der Waals surface area contributed by atoms with Crippen molar-refractivity contribution in [3.05, 3.63) is 115 Å². The largest absolute Gasteiger partial charge is 0.295 e. The summed E-state index contributed by atoms with van der Waals surface area (Å²) in [7, 11) is 0. The average Bonchev–Trinajstić information content (AvgIpc) is 3.37. The maximum Gasteiger partial charge on any atom is 0.134 e. The lowest BCUT2D eigenvalue weighted by atomic mass is 9.73. The molecule has 0 saturated carbocycles. The van der Waals surface area contributed by atoms with Gasteiger partial charge in [0.15, 0.2) is 0 Å². The van der Waals surface area contributed by atoms with E-state index in [1.54, 1.807) is 0 Å². The van der Waals surface area contributed by atoms with Gasteiger partial charge in [0.1, 0.15) is 11.2 Å². The first-order chi connectivity index (χ1) is 14.7. The van der Waals surface area contributed by atoms with Crippen molar-refractivity contribution < 1.29 is 0 Å². The Morgan fingerprint density at radius 1 is 0.800 bits per heavy atom. The van der Waals surface area contributed by atoms with Gasteiger partial charge in [0.05, 0.1) is 16.7 Å². The van der Waals surface area contributed by atoms with Crippen LogP contribution in [-0.2, 0) is 5.41 Å². The van der Waals surface area contributed by atoms with Crippen LogP contribution in [0.5, 0.6) is 0 Å². The summed E-state index contributed by atoms with van der Waals surface area (Å²) >= 11 is 6.24. The zero-order valence-corrected chi connectivity index (χ0v) is 19.5. The van der Waals surface area contributed by atoms with Crippen molar-refractivity contribution in [2.75, 3.05) is 0 Å². The Morgan fingerprint density at radius 2 is 1.43 bits per heavy atom. The smallest absolute Gasteiger partial charge is 0.134 e. The topological polar surface area (TPSA) is 17.8 Å². The summed E-state index contributed by atoms with van der Waals surface area (Å²) in [4.78, 5) is 5.26. The molecule has 1 aliphatic carbocycles. The SMILES string of the molecule is Brc1cc(I)c2c(c1)-n1c(nc3ccccc31)C21c2ccccc2-c2ccccc21. The predicted molar refractivity (Wildman–Crippen MR) is 132 cm³/mol. The standard InChI is InChI=1S/C26H14BrIN2/c27-15-13-20(28)24-23(14-15)30-22-12-6-5-11-21(22)29-25(30)26(24)18-9-3-1-7-16(18)17-8-2-4-10-19(17)26/h1-14H. The van der Waals surface area contributed by atoms with Crippen LogP contribution in [0.1, 0.15) is 22.5 Å². The van der Waals surface area contributed by atoms with E-state index in [4.69, 9.17) is 4.98 Å². The van der Waals surface area contributed by atoms with Gasteiger partial charge in [-0.2, -0.15) is 0 Å². The minimum Gasteiger partial charge on any atom is -0.295 e. The second kappa shape index (κ2) is 5.83. The van der Waals surface area contributed by atoms with Crippen LogP contribution in [0.15, 0.2) is 89.4 Å². The highest BCUT2D eigenvalue weighted by Crippen LogP contribution is 2.61. The molecular formula is C26H14BrIN2. The van der Waals surface area contributed by atoms with E-state index in [2.05, 4.69) is 128 Å². The van der Waals surface area contributed by atoms with E-state index >= 15 is 0 Å². The summed E-state index contributed by atoms with van der Waals surface area (Å²) in [6, 6.07) is 30.6. The Kier molecular flexibility index (Phi) is 3.35. The van der Waals surface area contributed by atoms with Gasteiger partial charge in [-0.3, -0.25) is 4.57 Å². The fourth-order valence-corrected chi connectivity index (χ4v) is 7.38. The molecule has 5 aromatic rings. The fourth-order valence-electron chi connectivity index (χ4n) is 5.49. The van der Waals surface area contributed by atoms with Gasteiger partial charge in [0, 0.05) is 13.6 Å². The first kappa shape index (κ1) is 17.3. The normalized spacial score (nSPS) is 14.6. The van der Waals surface area contributed by atoms with Crippen LogP contribution in [0.25, 0.3) is 27.8 Å². The maximum absolute atomic E-state index is 5.26. The van der Waals surface area contributed by atoms with Crippen LogP contribution in [-0.4, -0.2) is 9.55 Å². The summed E-state index contributed by atoms with van der Waals surface area (Å²) in [5.41, 5.74) is 9.58. The van der Waals surface area contributed by atoms with Crippen LogP contribution in [0.4, 0.5) is 0 Å². The van der Waals surface area contributed by atoms with Crippen LogP contribution in [0.3, 0.4) is 0 Å². The fraction of sp³-hybridized carbons (Fsp3) is 0.0385. The van der Waals surface area contributed by atoms with E-state index in [9.17, 15) is 0 Å².